The van der Waals surface area contributed by atoms with Crippen molar-refractivity contribution in [2.75, 3.05) is 19.0 Å². The van der Waals surface area contributed by atoms with Crippen LogP contribution in [0.3, 0.4) is 0 Å². The van der Waals surface area contributed by atoms with E-state index in [2.05, 4.69) is 26.5 Å². The van der Waals surface area contributed by atoms with E-state index in [1.807, 2.05) is 24.3 Å². The Hall–Kier alpha value is -0.830. The number of ether oxygens (including phenoxy) is 2. The quantitative estimate of drug-likeness (QED) is 0.736. The second kappa shape index (κ2) is 7.44. The van der Waals surface area contributed by atoms with E-state index < -0.39 is 0 Å². The fourth-order valence-electron chi connectivity index (χ4n) is 1.14. The molecule has 0 aromatic heterocycles. The van der Waals surface area contributed by atoms with Crippen LogP contribution in [0.1, 0.15) is 20.3 Å². The zero-order valence-electron chi connectivity index (χ0n) is 9.98. The van der Waals surface area contributed by atoms with Crippen molar-refractivity contribution in [2.24, 2.45) is 5.92 Å². The first kappa shape index (κ1) is 13.2. The molecule has 1 aromatic rings. The van der Waals surface area contributed by atoms with Gasteiger partial charge in [-0.2, -0.15) is 12.6 Å². The Balaban J connectivity index is 2.38. The molecule has 0 aliphatic rings. The van der Waals surface area contributed by atoms with Gasteiger partial charge in [0.05, 0.1) is 13.2 Å². The Labute approximate surface area is 103 Å². The summed E-state index contributed by atoms with van der Waals surface area (Å²) >= 11 is 4.22. The van der Waals surface area contributed by atoms with Crippen LogP contribution < -0.4 is 9.47 Å². The fraction of sp³-hybridized carbons (Fsp3) is 0.538. The van der Waals surface area contributed by atoms with Crippen LogP contribution >= 0.6 is 12.6 Å². The predicted octanol–water partition coefficient (Wildman–Crippen LogP) is 3.42. The zero-order chi connectivity index (χ0) is 11.8. The lowest BCUT2D eigenvalue weighted by Gasteiger charge is -2.11. The first-order valence-corrected chi connectivity index (χ1v) is 6.36. The molecule has 0 N–H and O–H groups in total. The van der Waals surface area contributed by atoms with E-state index in [1.165, 1.54) is 0 Å². The molecule has 1 atom stereocenters. The average Bonchev–Trinajstić information content (AvgIpc) is 2.34. The van der Waals surface area contributed by atoms with Crippen molar-refractivity contribution in [1.29, 1.82) is 0 Å². The van der Waals surface area contributed by atoms with E-state index >= 15 is 0 Å². The largest absolute Gasteiger partial charge is 0.494 e. The molecule has 0 fully saturated rings. The monoisotopic (exact) mass is 240 g/mol. The molecule has 0 bridgehead atoms. The summed E-state index contributed by atoms with van der Waals surface area (Å²) < 4.78 is 11.1. The highest BCUT2D eigenvalue weighted by Gasteiger charge is 2.01. The van der Waals surface area contributed by atoms with Crippen LogP contribution in [-0.4, -0.2) is 19.0 Å². The average molecular weight is 240 g/mol. The van der Waals surface area contributed by atoms with Crippen molar-refractivity contribution < 1.29 is 9.47 Å². The summed E-state index contributed by atoms with van der Waals surface area (Å²) in [6.45, 7) is 5.68. The van der Waals surface area contributed by atoms with E-state index in [0.717, 1.165) is 30.3 Å². The smallest absolute Gasteiger partial charge is 0.119 e. The molecular weight excluding hydrogens is 220 g/mol. The summed E-state index contributed by atoms with van der Waals surface area (Å²) in [7, 11) is 0. The van der Waals surface area contributed by atoms with Gasteiger partial charge in [-0.05, 0) is 42.4 Å². The summed E-state index contributed by atoms with van der Waals surface area (Å²) in [5.74, 6) is 3.10. The zero-order valence-corrected chi connectivity index (χ0v) is 10.9. The molecule has 0 radical (unpaired) electrons. The summed E-state index contributed by atoms with van der Waals surface area (Å²) in [5, 5.41) is 0. The van der Waals surface area contributed by atoms with Crippen LogP contribution in [0, 0.1) is 5.92 Å². The molecule has 1 aromatic carbocycles. The first-order valence-electron chi connectivity index (χ1n) is 5.72. The minimum atomic E-state index is 0.472. The highest BCUT2D eigenvalue weighted by Crippen LogP contribution is 2.18. The van der Waals surface area contributed by atoms with Crippen molar-refractivity contribution in [3.05, 3.63) is 24.3 Å². The van der Waals surface area contributed by atoms with Crippen LogP contribution in [0.5, 0.6) is 11.5 Å². The number of rotatable bonds is 7. The summed E-state index contributed by atoms with van der Waals surface area (Å²) in [5.41, 5.74) is 0. The van der Waals surface area contributed by atoms with Gasteiger partial charge in [-0.3, -0.25) is 0 Å². The fourth-order valence-corrected chi connectivity index (χ4v) is 1.25. The third kappa shape index (κ3) is 4.79. The number of hydrogen-bond acceptors (Lipinski definition) is 3. The standard InChI is InChI=1S/C13H20O2S/c1-3-8-14-12-4-6-13(7-5-12)15-9-11(2)10-16/h4-7,11,16H,3,8-10H2,1-2H3. The third-order valence-electron chi connectivity index (χ3n) is 2.14. The molecule has 3 heteroatoms. The topological polar surface area (TPSA) is 18.5 Å². The number of benzene rings is 1. The number of hydrogen-bond donors (Lipinski definition) is 1. The van der Waals surface area contributed by atoms with Crippen molar-refractivity contribution in [1.82, 2.24) is 0 Å². The van der Waals surface area contributed by atoms with Crippen LogP contribution in [-0.2, 0) is 0 Å². The van der Waals surface area contributed by atoms with Gasteiger partial charge in [0, 0.05) is 0 Å². The Morgan fingerprint density at radius 1 is 1.12 bits per heavy atom. The van der Waals surface area contributed by atoms with Gasteiger partial charge in [0.2, 0.25) is 0 Å². The molecule has 2 nitrogen and oxygen atoms in total. The Bertz CT molecular complexity index is 284. The molecule has 0 saturated carbocycles. The number of thiol groups is 1. The predicted molar refractivity (Wildman–Crippen MR) is 70.7 cm³/mol. The van der Waals surface area contributed by atoms with E-state index in [9.17, 15) is 0 Å². The van der Waals surface area contributed by atoms with E-state index in [1.54, 1.807) is 0 Å². The van der Waals surface area contributed by atoms with E-state index in [0.29, 0.717) is 12.5 Å². The van der Waals surface area contributed by atoms with Gasteiger partial charge in [0.1, 0.15) is 11.5 Å². The maximum absolute atomic E-state index is 5.61. The molecule has 16 heavy (non-hydrogen) atoms. The highest BCUT2D eigenvalue weighted by molar-refractivity contribution is 7.80. The van der Waals surface area contributed by atoms with Gasteiger partial charge in [0.25, 0.3) is 0 Å². The molecular formula is C13H20O2S. The normalized spacial score (nSPS) is 12.2. The van der Waals surface area contributed by atoms with Gasteiger partial charge in [-0.25, -0.2) is 0 Å². The maximum Gasteiger partial charge on any atom is 0.119 e. The van der Waals surface area contributed by atoms with Crippen LogP contribution in [0.2, 0.25) is 0 Å². The Kier molecular flexibility index (Phi) is 6.16. The molecule has 0 aliphatic heterocycles. The van der Waals surface area contributed by atoms with E-state index in [-0.39, 0.29) is 0 Å². The SMILES string of the molecule is CCCOc1ccc(OCC(C)CS)cc1. The van der Waals surface area contributed by atoms with Crippen LogP contribution in [0.4, 0.5) is 0 Å². The lowest BCUT2D eigenvalue weighted by Crippen LogP contribution is -2.09. The van der Waals surface area contributed by atoms with Gasteiger partial charge in [0.15, 0.2) is 0 Å². The van der Waals surface area contributed by atoms with Gasteiger partial charge in [-0.1, -0.05) is 13.8 Å². The molecule has 0 heterocycles. The van der Waals surface area contributed by atoms with Crippen LogP contribution in [0.25, 0.3) is 0 Å². The van der Waals surface area contributed by atoms with Gasteiger partial charge < -0.3 is 9.47 Å². The van der Waals surface area contributed by atoms with Crippen molar-refractivity contribution in [3.8, 4) is 11.5 Å². The molecule has 1 rings (SSSR count). The first-order chi connectivity index (χ1) is 7.76. The summed E-state index contributed by atoms with van der Waals surface area (Å²) in [4.78, 5) is 0. The minimum Gasteiger partial charge on any atom is -0.494 e. The Morgan fingerprint density at radius 2 is 1.69 bits per heavy atom. The molecule has 90 valence electrons. The second-order valence-corrected chi connectivity index (χ2v) is 4.28. The molecule has 0 amide bonds. The van der Waals surface area contributed by atoms with Crippen molar-refractivity contribution in [2.45, 2.75) is 20.3 Å². The van der Waals surface area contributed by atoms with E-state index in [4.69, 9.17) is 9.47 Å². The lowest BCUT2D eigenvalue weighted by atomic mass is 10.2. The van der Waals surface area contributed by atoms with Gasteiger partial charge in [-0.15, -0.1) is 0 Å². The second-order valence-electron chi connectivity index (χ2n) is 3.92. The Morgan fingerprint density at radius 3 is 2.19 bits per heavy atom. The maximum atomic E-state index is 5.61. The molecule has 0 spiro atoms. The highest BCUT2D eigenvalue weighted by atomic mass is 32.1. The molecule has 0 aliphatic carbocycles. The third-order valence-corrected chi connectivity index (χ3v) is 2.77. The summed E-state index contributed by atoms with van der Waals surface area (Å²) in [6, 6.07) is 7.76. The van der Waals surface area contributed by atoms with Crippen molar-refractivity contribution in [3.63, 3.8) is 0 Å². The molecule has 1 unspecified atom stereocenters. The summed E-state index contributed by atoms with van der Waals surface area (Å²) in [6.07, 6.45) is 1.03. The molecule has 0 saturated heterocycles. The van der Waals surface area contributed by atoms with Gasteiger partial charge >= 0.3 is 0 Å². The minimum absolute atomic E-state index is 0.472. The van der Waals surface area contributed by atoms with Crippen LogP contribution in [0.15, 0.2) is 24.3 Å². The lowest BCUT2D eigenvalue weighted by molar-refractivity contribution is 0.272. The van der Waals surface area contributed by atoms with Crippen molar-refractivity contribution >= 4 is 12.6 Å².